The Kier molecular flexibility index (Phi) is 4.18. The summed E-state index contributed by atoms with van der Waals surface area (Å²) in [6, 6.07) is 12.2. The first kappa shape index (κ1) is 17.6. The van der Waals surface area contributed by atoms with E-state index in [-0.39, 0.29) is 22.9 Å². The number of hydrogen-bond acceptors (Lipinski definition) is 4. The van der Waals surface area contributed by atoms with E-state index in [1.807, 2.05) is 0 Å². The molecule has 2 aromatic rings. The van der Waals surface area contributed by atoms with Crippen LogP contribution in [-0.2, 0) is 25.0 Å². The van der Waals surface area contributed by atoms with Crippen molar-refractivity contribution in [2.45, 2.75) is 23.7 Å². The molecule has 0 aromatic heterocycles. The van der Waals surface area contributed by atoms with Gasteiger partial charge in [0.1, 0.15) is 0 Å². The van der Waals surface area contributed by atoms with E-state index in [9.17, 15) is 18.0 Å². The first-order valence-corrected chi connectivity index (χ1v) is 9.32. The molecule has 1 fully saturated rings. The zero-order valence-corrected chi connectivity index (χ0v) is 14.8. The van der Waals surface area contributed by atoms with Crippen LogP contribution in [0, 0.1) is 0 Å². The Morgan fingerprint density at radius 2 is 1.68 bits per heavy atom. The lowest BCUT2D eigenvalue weighted by molar-refractivity contribution is -0.122. The fourth-order valence-corrected chi connectivity index (χ4v) is 3.84. The number of nitrogens with two attached hydrogens (primary N) is 1. The number of primary sulfonamides is 1. The second kappa shape index (κ2) is 5.94. The highest BCUT2D eigenvalue weighted by molar-refractivity contribution is 7.89. The third kappa shape index (κ3) is 2.95. The first-order chi connectivity index (χ1) is 11.6. The van der Waals surface area contributed by atoms with Crippen LogP contribution in [0.1, 0.15) is 18.9 Å². The van der Waals surface area contributed by atoms with Crippen molar-refractivity contribution >= 4 is 39.1 Å². The van der Waals surface area contributed by atoms with Gasteiger partial charge in [-0.05, 0) is 42.8 Å². The number of benzene rings is 2. The smallest absolute Gasteiger partial charge is 0.244 e. The van der Waals surface area contributed by atoms with Crippen LogP contribution in [0.5, 0.6) is 0 Å². The summed E-state index contributed by atoms with van der Waals surface area (Å²) in [6.07, 6.45) is -0.0213. The van der Waals surface area contributed by atoms with Gasteiger partial charge in [0.15, 0.2) is 0 Å². The third-order valence-electron chi connectivity index (χ3n) is 4.32. The molecule has 1 heterocycles. The van der Waals surface area contributed by atoms with E-state index in [0.717, 1.165) is 4.90 Å². The summed E-state index contributed by atoms with van der Waals surface area (Å²) in [7, 11) is -3.85. The molecule has 130 valence electrons. The lowest BCUT2D eigenvalue weighted by atomic mass is 9.81. The van der Waals surface area contributed by atoms with E-state index in [1.165, 1.54) is 24.3 Å². The van der Waals surface area contributed by atoms with E-state index in [0.29, 0.717) is 10.6 Å². The second-order valence-electron chi connectivity index (χ2n) is 6.06. The van der Waals surface area contributed by atoms with Crippen LogP contribution in [0.15, 0.2) is 53.4 Å². The Balaban J connectivity index is 2.01. The fourth-order valence-electron chi connectivity index (χ4n) is 2.98. The molecule has 3 rings (SSSR count). The van der Waals surface area contributed by atoms with Crippen molar-refractivity contribution in [3.05, 3.63) is 59.1 Å². The molecule has 1 aliphatic rings. The van der Waals surface area contributed by atoms with Gasteiger partial charge in [-0.25, -0.2) is 18.5 Å². The number of hydrogen-bond donors (Lipinski definition) is 1. The predicted molar refractivity (Wildman–Crippen MR) is 93.7 cm³/mol. The topological polar surface area (TPSA) is 97.5 Å². The standard InChI is InChI=1S/C17H15ClN2O4S/c1-17(13-4-2-3-5-14(13)18)10-15(21)20(16(17)22)11-6-8-12(9-7-11)25(19,23)24/h2-9H,10H2,1H3,(H2,19,23,24). The highest BCUT2D eigenvalue weighted by atomic mass is 35.5. The van der Waals surface area contributed by atoms with Gasteiger partial charge < -0.3 is 0 Å². The number of amides is 2. The van der Waals surface area contributed by atoms with Gasteiger partial charge in [-0.2, -0.15) is 0 Å². The molecule has 0 spiro atoms. The minimum atomic E-state index is -3.85. The molecule has 0 aliphatic carbocycles. The molecule has 1 atom stereocenters. The van der Waals surface area contributed by atoms with Crippen molar-refractivity contribution in [1.82, 2.24) is 0 Å². The van der Waals surface area contributed by atoms with Gasteiger partial charge in [0.05, 0.1) is 16.0 Å². The van der Waals surface area contributed by atoms with E-state index >= 15 is 0 Å². The maximum atomic E-state index is 13.0. The van der Waals surface area contributed by atoms with Crippen LogP contribution in [0.3, 0.4) is 0 Å². The molecule has 2 amide bonds. The maximum Gasteiger partial charge on any atom is 0.244 e. The van der Waals surface area contributed by atoms with Gasteiger partial charge in [0.2, 0.25) is 21.8 Å². The number of halogens is 1. The van der Waals surface area contributed by atoms with Crippen molar-refractivity contribution in [3.63, 3.8) is 0 Å². The number of anilines is 1. The molecule has 8 heteroatoms. The monoisotopic (exact) mass is 378 g/mol. The first-order valence-electron chi connectivity index (χ1n) is 7.40. The van der Waals surface area contributed by atoms with Crippen molar-refractivity contribution in [2.24, 2.45) is 5.14 Å². The van der Waals surface area contributed by atoms with Crippen LogP contribution in [0.2, 0.25) is 5.02 Å². The van der Waals surface area contributed by atoms with Gasteiger partial charge in [0, 0.05) is 11.4 Å². The molecule has 1 unspecified atom stereocenters. The van der Waals surface area contributed by atoms with Gasteiger partial charge in [-0.3, -0.25) is 9.59 Å². The van der Waals surface area contributed by atoms with Crippen molar-refractivity contribution < 1.29 is 18.0 Å². The summed E-state index contributed by atoms with van der Waals surface area (Å²) in [5.41, 5.74) is -0.203. The molecular weight excluding hydrogens is 364 g/mol. The lowest BCUT2D eigenvalue weighted by Crippen LogP contribution is -2.36. The van der Waals surface area contributed by atoms with Crippen LogP contribution in [-0.4, -0.2) is 20.2 Å². The fraction of sp³-hybridized carbons (Fsp3) is 0.176. The quantitative estimate of drug-likeness (QED) is 0.828. The Labute approximate surface area is 150 Å². The van der Waals surface area contributed by atoms with E-state index in [1.54, 1.807) is 31.2 Å². The number of sulfonamides is 1. The average Bonchev–Trinajstić information content (AvgIpc) is 2.77. The number of carbonyl (C=O) groups is 2. The number of rotatable bonds is 3. The lowest BCUT2D eigenvalue weighted by Gasteiger charge is -2.23. The summed E-state index contributed by atoms with van der Waals surface area (Å²) >= 11 is 6.21. The van der Waals surface area contributed by atoms with Crippen molar-refractivity contribution in [2.75, 3.05) is 4.90 Å². The summed E-state index contributed by atoms with van der Waals surface area (Å²) in [5.74, 6) is -0.787. The molecule has 0 bridgehead atoms. The predicted octanol–water partition coefficient (Wildman–Crippen LogP) is 2.21. The SMILES string of the molecule is CC1(c2ccccc2Cl)CC(=O)N(c2ccc(S(N)(=O)=O)cc2)C1=O. The van der Waals surface area contributed by atoms with Gasteiger partial charge in [-0.15, -0.1) is 0 Å². The molecule has 25 heavy (non-hydrogen) atoms. The molecular formula is C17H15ClN2O4S. The van der Waals surface area contributed by atoms with Crippen molar-refractivity contribution in [1.29, 1.82) is 0 Å². The van der Waals surface area contributed by atoms with Gasteiger partial charge >= 0.3 is 0 Å². The molecule has 0 saturated carbocycles. The van der Waals surface area contributed by atoms with Crippen LogP contribution < -0.4 is 10.0 Å². The Bertz CT molecular complexity index is 972. The Morgan fingerprint density at radius 1 is 1.08 bits per heavy atom. The minimum Gasteiger partial charge on any atom is -0.274 e. The third-order valence-corrected chi connectivity index (χ3v) is 5.58. The normalized spacial score (nSPS) is 21.0. The molecule has 1 saturated heterocycles. The minimum absolute atomic E-state index is 0.0213. The highest BCUT2D eigenvalue weighted by Crippen LogP contribution is 2.41. The van der Waals surface area contributed by atoms with E-state index < -0.39 is 21.3 Å². The molecule has 6 nitrogen and oxygen atoms in total. The maximum absolute atomic E-state index is 13.0. The summed E-state index contributed by atoms with van der Waals surface area (Å²) in [4.78, 5) is 26.4. The van der Waals surface area contributed by atoms with Crippen LogP contribution in [0.4, 0.5) is 5.69 Å². The zero-order chi connectivity index (χ0) is 18.4. The zero-order valence-electron chi connectivity index (χ0n) is 13.3. The molecule has 2 N–H and O–H groups in total. The molecule has 0 radical (unpaired) electrons. The largest absolute Gasteiger partial charge is 0.274 e. The van der Waals surface area contributed by atoms with Gasteiger partial charge in [-0.1, -0.05) is 29.8 Å². The van der Waals surface area contributed by atoms with Crippen LogP contribution >= 0.6 is 11.6 Å². The van der Waals surface area contributed by atoms with E-state index in [4.69, 9.17) is 16.7 Å². The second-order valence-corrected chi connectivity index (χ2v) is 8.03. The highest BCUT2D eigenvalue weighted by Gasteiger charge is 2.50. The molecule has 1 aliphatic heterocycles. The summed E-state index contributed by atoms with van der Waals surface area (Å²) < 4.78 is 22.7. The average molecular weight is 379 g/mol. The number of nitrogens with zero attached hydrogens (tertiary/aromatic N) is 1. The van der Waals surface area contributed by atoms with Crippen molar-refractivity contribution in [3.8, 4) is 0 Å². The Morgan fingerprint density at radius 3 is 2.24 bits per heavy atom. The van der Waals surface area contributed by atoms with Gasteiger partial charge in [0.25, 0.3) is 0 Å². The number of imide groups is 1. The van der Waals surface area contributed by atoms with Crippen LogP contribution in [0.25, 0.3) is 0 Å². The summed E-state index contributed by atoms with van der Waals surface area (Å²) in [6.45, 7) is 1.67. The Hall–Kier alpha value is -2.22. The van der Waals surface area contributed by atoms with E-state index in [2.05, 4.69) is 0 Å². The molecule has 2 aromatic carbocycles. The number of carbonyl (C=O) groups excluding carboxylic acids is 2. The summed E-state index contributed by atoms with van der Waals surface area (Å²) in [5, 5.41) is 5.48.